The van der Waals surface area contributed by atoms with Gasteiger partial charge in [0.15, 0.2) is 6.10 Å². The van der Waals surface area contributed by atoms with Gasteiger partial charge in [-0.1, -0.05) is 278 Å². The molecule has 0 saturated carbocycles. The third-order valence-corrected chi connectivity index (χ3v) is 12.8. The number of esters is 3. The molecule has 0 fully saturated rings. The lowest BCUT2D eigenvalue weighted by Gasteiger charge is -2.18. The van der Waals surface area contributed by atoms with E-state index in [0.29, 0.717) is 19.3 Å². The largest absolute Gasteiger partial charge is 0.462 e. The molecule has 0 aliphatic carbocycles. The number of carbonyl (C=O) groups excluding carboxylic acids is 3. The van der Waals surface area contributed by atoms with E-state index >= 15 is 0 Å². The van der Waals surface area contributed by atoms with Crippen molar-refractivity contribution < 1.29 is 28.6 Å². The van der Waals surface area contributed by atoms with E-state index in [1.807, 2.05) is 0 Å². The first kappa shape index (κ1) is 60.4. The third-order valence-electron chi connectivity index (χ3n) is 12.8. The van der Waals surface area contributed by atoms with E-state index in [0.717, 1.165) is 63.7 Å². The van der Waals surface area contributed by atoms with E-state index in [2.05, 4.69) is 27.7 Å². The van der Waals surface area contributed by atoms with E-state index < -0.39 is 6.10 Å². The van der Waals surface area contributed by atoms with E-state index in [1.54, 1.807) is 0 Å². The van der Waals surface area contributed by atoms with Crippen molar-refractivity contribution in [3.63, 3.8) is 0 Å². The van der Waals surface area contributed by atoms with Crippen LogP contribution in [0.25, 0.3) is 0 Å². The predicted molar refractivity (Wildman–Crippen MR) is 266 cm³/mol. The summed E-state index contributed by atoms with van der Waals surface area (Å²) in [4.78, 5) is 38.0. The van der Waals surface area contributed by atoms with Crippen molar-refractivity contribution in [1.29, 1.82) is 0 Å². The van der Waals surface area contributed by atoms with Crippen molar-refractivity contribution in [3.8, 4) is 0 Å². The summed E-state index contributed by atoms with van der Waals surface area (Å²) in [6.07, 6.45) is 53.8. The Kier molecular flexibility index (Phi) is 49.1. The first-order valence-corrected chi connectivity index (χ1v) is 27.9. The lowest BCUT2D eigenvalue weighted by atomic mass is 10.0. The molecular weight excluding hydrogens is 769 g/mol. The lowest BCUT2D eigenvalue weighted by Crippen LogP contribution is -2.30. The molecule has 0 bridgehead atoms. The normalized spacial score (nSPS) is 12.0. The molecule has 368 valence electrons. The maximum Gasteiger partial charge on any atom is 0.306 e. The van der Waals surface area contributed by atoms with Crippen molar-refractivity contribution >= 4 is 17.9 Å². The summed E-state index contributed by atoms with van der Waals surface area (Å²) in [6, 6.07) is 0. The number of ether oxygens (including phenoxy) is 3. The van der Waals surface area contributed by atoms with Gasteiger partial charge in [-0.3, -0.25) is 14.4 Å². The Balaban J connectivity index is 4.26. The second kappa shape index (κ2) is 50.4. The van der Waals surface area contributed by atoms with Crippen LogP contribution in [0.4, 0.5) is 0 Å². The molecule has 0 unspecified atom stereocenters. The second-order valence-electron chi connectivity index (χ2n) is 19.7. The number of unbranched alkanes of at least 4 members (excludes halogenated alkanes) is 38. The van der Waals surface area contributed by atoms with Gasteiger partial charge in [0.2, 0.25) is 0 Å². The fraction of sp³-hybridized carbons (Fsp3) is 0.946. The third kappa shape index (κ3) is 49.4. The first-order valence-electron chi connectivity index (χ1n) is 27.9. The van der Waals surface area contributed by atoms with Crippen molar-refractivity contribution in [2.24, 2.45) is 5.92 Å². The van der Waals surface area contributed by atoms with Gasteiger partial charge in [0.1, 0.15) is 13.2 Å². The van der Waals surface area contributed by atoms with Crippen molar-refractivity contribution in [2.75, 3.05) is 13.2 Å². The average Bonchev–Trinajstić information content (AvgIpc) is 3.26. The minimum Gasteiger partial charge on any atom is -0.462 e. The summed E-state index contributed by atoms with van der Waals surface area (Å²) in [5.41, 5.74) is 0. The molecule has 0 saturated heterocycles. The zero-order chi connectivity index (χ0) is 45.2. The molecule has 0 heterocycles. The quantitative estimate of drug-likeness (QED) is 0.0344. The highest BCUT2D eigenvalue weighted by Crippen LogP contribution is 2.18. The minimum absolute atomic E-state index is 0.0625. The van der Waals surface area contributed by atoms with Gasteiger partial charge in [-0.15, -0.1) is 0 Å². The summed E-state index contributed by atoms with van der Waals surface area (Å²) in [7, 11) is 0. The van der Waals surface area contributed by atoms with Gasteiger partial charge in [-0.05, 0) is 25.2 Å². The molecule has 0 aromatic carbocycles. The van der Waals surface area contributed by atoms with Crippen molar-refractivity contribution in [1.82, 2.24) is 0 Å². The molecule has 0 aromatic rings. The molecule has 0 aromatic heterocycles. The SMILES string of the molecule is CCCCCCCCCCCCCCCCCCCCCC(=O)O[C@@H](COC(=O)CCCCCCCCCCCCC)COC(=O)CCCCCCCCCCCCCC(C)C. The summed E-state index contributed by atoms with van der Waals surface area (Å²) in [5, 5.41) is 0. The van der Waals surface area contributed by atoms with Gasteiger partial charge in [-0.2, -0.15) is 0 Å². The number of rotatable bonds is 51. The highest BCUT2D eigenvalue weighted by molar-refractivity contribution is 5.71. The Morgan fingerprint density at radius 1 is 0.306 bits per heavy atom. The second-order valence-corrected chi connectivity index (χ2v) is 19.7. The van der Waals surface area contributed by atoms with Crippen molar-refractivity contribution in [3.05, 3.63) is 0 Å². The van der Waals surface area contributed by atoms with E-state index in [9.17, 15) is 14.4 Å². The Morgan fingerprint density at radius 2 is 0.532 bits per heavy atom. The molecule has 6 nitrogen and oxygen atoms in total. The van der Waals surface area contributed by atoms with Crippen LogP contribution in [0, 0.1) is 5.92 Å². The van der Waals surface area contributed by atoms with Gasteiger partial charge in [-0.25, -0.2) is 0 Å². The summed E-state index contributed by atoms with van der Waals surface area (Å²) in [6.45, 7) is 9.03. The fourth-order valence-corrected chi connectivity index (χ4v) is 8.57. The fourth-order valence-electron chi connectivity index (χ4n) is 8.57. The van der Waals surface area contributed by atoms with Crippen LogP contribution >= 0.6 is 0 Å². The smallest absolute Gasteiger partial charge is 0.306 e. The summed E-state index contributed by atoms with van der Waals surface area (Å²) < 4.78 is 16.8. The summed E-state index contributed by atoms with van der Waals surface area (Å²) >= 11 is 0. The number of hydrogen-bond donors (Lipinski definition) is 0. The lowest BCUT2D eigenvalue weighted by molar-refractivity contribution is -0.167. The zero-order valence-electron chi connectivity index (χ0n) is 42.3. The Morgan fingerprint density at radius 3 is 0.790 bits per heavy atom. The van der Waals surface area contributed by atoms with Gasteiger partial charge in [0.25, 0.3) is 0 Å². The van der Waals surface area contributed by atoms with Crippen LogP contribution in [0.3, 0.4) is 0 Å². The van der Waals surface area contributed by atoms with Crippen molar-refractivity contribution in [2.45, 2.75) is 323 Å². The van der Waals surface area contributed by atoms with Crippen LogP contribution in [0.15, 0.2) is 0 Å². The average molecular weight is 877 g/mol. The Hall–Kier alpha value is -1.59. The van der Waals surface area contributed by atoms with E-state index in [-0.39, 0.29) is 31.1 Å². The van der Waals surface area contributed by atoms with Gasteiger partial charge < -0.3 is 14.2 Å². The molecule has 0 rings (SSSR count). The molecular formula is C56H108O6. The van der Waals surface area contributed by atoms with Crippen LogP contribution in [0.2, 0.25) is 0 Å². The molecule has 0 N–H and O–H groups in total. The number of hydrogen-bond acceptors (Lipinski definition) is 6. The van der Waals surface area contributed by atoms with Crippen LogP contribution < -0.4 is 0 Å². The molecule has 62 heavy (non-hydrogen) atoms. The van der Waals surface area contributed by atoms with Gasteiger partial charge in [0, 0.05) is 19.3 Å². The Labute approximate surface area is 387 Å². The predicted octanol–water partition coefficient (Wildman–Crippen LogP) is 18.2. The zero-order valence-corrected chi connectivity index (χ0v) is 42.3. The maximum atomic E-state index is 12.8. The van der Waals surface area contributed by atoms with E-state index in [1.165, 1.54) is 212 Å². The summed E-state index contributed by atoms with van der Waals surface area (Å²) in [5.74, 6) is -0.0134. The molecule has 0 aliphatic rings. The maximum absolute atomic E-state index is 12.8. The standard InChI is InChI=1S/C56H108O6/c1-5-7-9-11-13-15-17-18-19-20-21-22-23-24-28-33-37-41-45-49-56(59)62-53(50-60-54(57)47-43-39-35-31-26-16-14-12-10-8-6-2)51-61-55(58)48-44-40-36-32-29-25-27-30-34-38-42-46-52(3)4/h52-53H,5-51H2,1-4H3/t53-/m0/s1. The topological polar surface area (TPSA) is 78.9 Å². The molecule has 0 spiro atoms. The minimum atomic E-state index is -0.761. The van der Waals surface area contributed by atoms with Crippen LogP contribution in [-0.2, 0) is 28.6 Å². The van der Waals surface area contributed by atoms with Crippen LogP contribution in [0.5, 0.6) is 0 Å². The van der Waals surface area contributed by atoms with Crippen LogP contribution in [0.1, 0.15) is 317 Å². The van der Waals surface area contributed by atoms with Gasteiger partial charge >= 0.3 is 17.9 Å². The van der Waals surface area contributed by atoms with Crippen LogP contribution in [-0.4, -0.2) is 37.2 Å². The molecule has 1 atom stereocenters. The molecule has 0 radical (unpaired) electrons. The molecule has 0 amide bonds. The molecule has 6 heteroatoms. The highest BCUT2D eigenvalue weighted by atomic mass is 16.6. The monoisotopic (exact) mass is 877 g/mol. The molecule has 0 aliphatic heterocycles. The number of carbonyl (C=O) groups is 3. The Bertz CT molecular complexity index is 933. The highest BCUT2D eigenvalue weighted by Gasteiger charge is 2.19. The van der Waals surface area contributed by atoms with Gasteiger partial charge in [0.05, 0.1) is 0 Å². The first-order chi connectivity index (χ1) is 30.4. The van der Waals surface area contributed by atoms with E-state index in [4.69, 9.17) is 14.2 Å².